The van der Waals surface area contributed by atoms with E-state index in [2.05, 4.69) is 42.3 Å². The van der Waals surface area contributed by atoms with E-state index >= 15 is 0 Å². The molecular formula is C21H25N3O3. The first-order valence-corrected chi connectivity index (χ1v) is 9.05. The minimum absolute atomic E-state index is 0.493. The third kappa shape index (κ3) is 4.05. The van der Waals surface area contributed by atoms with Gasteiger partial charge in [0, 0.05) is 31.9 Å². The fraction of sp³-hybridized carbons (Fsp3) is 0.333. The maximum atomic E-state index is 12.5. The number of aryl methyl sites for hydroxylation is 1. The van der Waals surface area contributed by atoms with Gasteiger partial charge in [0.2, 0.25) is 0 Å². The van der Waals surface area contributed by atoms with Crippen molar-refractivity contribution in [3.8, 4) is 5.75 Å². The molecule has 1 aliphatic heterocycles. The Balaban J connectivity index is 1.61. The van der Waals surface area contributed by atoms with Crippen molar-refractivity contribution in [2.24, 2.45) is 0 Å². The summed E-state index contributed by atoms with van der Waals surface area (Å²) in [6.45, 7) is 6.66. The Kier molecular flexibility index (Phi) is 5.64. The first-order valence-electron chi connectivity index (χ1n) is 9.05. The van der Waals surface area contributed by atoms with Crippen molar-refractivity contribution in [3.63, 3.8) is 0 Å². The molecule has 0 bridgehead atoms. The van der Waals surface area contributed by atoms with Crippen LogP contribution in [0, 0.1) is 13.8 Å². The lowest BCUT2D eigenvalue weighted by Gasteiger charge is -2.36. The van der Waals surface area contributed by atoms with Crippen molar-refractivity contribution in [2.45, 2.75) is 13.8 Å². The fourth-order valence-corrected chi connectivity index (χ4v) is 3.30. The van der Waals surface area contributed by atoms with Crippen molar-refractivity contribution < 1.29 is 14.3 Å². The first kappa shape index (κ1) is 18.8. The topological polar surface area (TPSA) is 61.9 Å². The van der Waals surface area contributed by atoms with E-state index in [4.69, 9.17) is 4.74 Å². The van der Waals surface area contributed by atoms with E-state index in [0.717, 1.165) is 0 Å². The van der Waals surface area contributed by atoms with Gasteiger partial charge in [-0.25, -0.2) is 0 Å². The minimum atomic E-state index is -0.639. The third-order valence-corrected chi connectivity index (χ3v) is 5.03. The lowest BCUT2D eigenvalue weighted by molar-refractivity contribution is -0.143. The predicted molar refractivity (Wildman–Crippen MR) is 106 cm³/mol. The maximum absolute atomic E-state index is 12.5. The highest BCUT2D eigenvalue weighted by atomic mass is 16.5. The molecule has 1 fully saturated rings. The van der Waals surface area contributed by atoms with Gasteiger partial charge in [0.25, 0.3) is 0 Å². The maximum Gasteiger partial charge on any atom is 0.314 e. The summed E-state index contributed by atoms with van der Waals surface area (Å²) in [6.07, 6.45) is 0. The van der Waals surface area contributed by atoms with Crippen LogP contribution in [0.15, 0.2) is 42.5 Å². The molecule has 6 heteroatoms. The van der Waals surface area contributed by atoms with Gasteiger partial charge in [-0.05, 0) is 43.2 Å². The summed E-state index contributed by atoms with van der Waals surface area (Å²) in [6, 6.07) is 13.3. The van der Waals surface area contributed by atoms with Gasteiger partial charge in [-0.3, -0.25) is 9.59 Å². The van der Waals surface area contributed by atoms with Crippen molar-refractivity contribution >= 4 is 23.2 Å². The molecule has 1 saturated heterocycles. The molecule has 0 spiro atoms. The number of benzene rings is 2. The molecule has 6 nitrogen and oxygen atoms in total. The summed E-state index contributed by atoms with van der Waals surface area (Å²) < 4.78 is 5.21. The Morgan fingerprint density at radius 2 is 1.67 bits per heavy atom. The molecule has 0 aliphatic carbocycles. The SMILES string of the molecule is COc1ccccc1NC(=O)C(=O)N1CCN(c2cccc(C)c2C)CC1. The zero-order valence-corrected chi connectivity index (χ0v) is 16.0. The number of carbonyl (C=O) groups is 2. The van der Waals surface area contributed by atoms with Crippen LogP contribution >= 0.6 is 0 Å². The van der Waals surface area contributed by atoms with Crippen LogP contribution in [0.3, 0.4) is 0 Å². The second-order valence-electron chi connectivity index (χ2n) is 6.65. The number of rotatable bonds is 3. The molecule has 0 saturated carbocycles. The number of nitrogens with one attached hydrogen (secondary N) is 1. The zero-order chi connectivity index (χ0) is 19.4. The molecule has 2 aromatic carbocycles. The largest absolute Gasteiger partial charge is 0.495 e. The zero-order valence-electron chi connectivity index (χ0n) is 16.0. The highest BCUT2D eigenvalue weighted by Gasteiger charge is 2.27. The van der Waals surface area contributed by atoms with Crippen LogP contribution < -0.4 is 15.0 Å². The lowest BCUT2D eigenvalue weighted by atomic mass is 10.1. The molecular weight excluding hydrogens is 342 g/mol. The molecule has 142 valence electrons. The normalized spacial score (nSPS) is 14.0. The van der Waals surface area contributed by atoms with Crippen molar-refractivity contribution in [1.82, 2.24) is 4.90 Å². The lowest BCUT2D eigenvalue weighted by Crippen LogP contribution is -2.51. The molecule has 1 N–H and O–H groups in total. The van der Waals surface area contributed by atoms with Gasteiger partial charge < -0.3 is 19.9 Å². The van der Waals surface area contributed by atoms with E-state index in [1.165, 1.54) is 23.9 Å². The summed E-state index contributed by atoms with van der Waals surface area (Å²) in [5.74, 6) is -0.625. The summed E-state index contributed by atoms with van der Waals surface area (Å²) in [5, 5.41) is 2.65. The molecule has 2 aromatic rings. The number of piperazine rings is 1. The Bertz CT molecular complexity index is 842. The quantitative estimate of drug-likeness (QED) is 0.847. The number of nitrogens with zero attached hydrogens (tertiary/aromatic N) is 2. The highest BCUT2D eigenvalue weighted by molar-refractivity contribution is 6.39. The number of methoxy groups -OCH3 is 1. The molecule has 2 amide bonds. The van der Waals surface area contributed by atoms with Gasteiger partial charge in [-0.1, -0.05) is 24.3 Å². The molecule has 0 radical (unpaired) electrons. The van der Waals surface area contributed by atoms with Crippen LogP contribution in [0.5, 0.6) is 5.75 Å². The smallest absolute Gasteiger partial charge is 0.314 e. The van der Waals surface area contributed by atoms with E-state index in [0.29, 0.717) is 37.6 Å². The minimum Gasteiger partial charge on any atom is -0.495 e. The van der Waals surface area contributed by atoms with Crippen molar-refractivity contribution in [2.75, 3.05) is 43.5 Å². The number of para-hydroxylation sites is 2. The molecule has 1 heterocycles. The van der Waals surface area contributed by atoms with Crippen LogP contribution in [0.25, 0.3) is 0 Å². The number of amides is 2. The van der Waals surface area contributed by atoms with Crippen molar-refractivity contribution in [3.05, 3.63) is 53.6 Å². The summed E-state index contributed by atoms with van der Waals surface area (Å²) in [5.41, 5.74) is 4.20. The van der Waals surface area contributed by atoms with Crippen LogP contribution in [-0.4, -0.2) is 50.0 Å². The molecule has 27 heavy (non-hydrogen) atoms. The van der Waals surface area contributed by atoms with Gasteiger partial charge in [-0.2, -0.15) is 0 Å². The number of anilines is 2. The number of hydrogen-bond acceptors (Lipinski definition) is 4. The summed E-state index contributed by atoms with van der Waals surface area (Å²) in [7, 11) is 1.53. The van der Waals surface area contributed by atoms with Crippen LogP contribution in [0.4, 0.5) is 11.4 Å². The van der Waals surface area contributed by atoms with Gasteiger partial charge >= 0.3 is 11.8 Å². The predicted octanol–water partition coefficient (Wildman–Crippen LogP) is 2.60. The molecule has 0 aromatic heterocycles. The fourth-order valence-electron chi connectivity index (χ4n) is 3.30. The Hall–Kier alpha value is -3.02. The molecule has 0 unspecified atom stereocenters. The second-order valence-corrected chi connectivity index (χ2v) is 6.65. The Morgan fingerprint density at radius 3 is 2.37 bits per heavy atom. The Labute approximate surface area is 159 Å². The molecule has 0 atom stereocenters. The third-order valence-electron chi connectivity index (χ3n) is 5.03. The Morgan fingerprint density at radius 1 is 0.963 bits per heavy atom. The highest BCUT2D eigenvalue weighted by Crippen LogP contribution is 2.25. The van der Waals surface area contributed by atoms with E-state index in [-0.39, 0.29) is 0 Å². The van der Waals surface area contributed by atoms with E-state index in [1.54, 1.807) is 23.1 Å². The van der Waals surface area contributed by atoms with Crippen LogP contribution in [0.1, 0.15) is 11.1 Å². The average Bonchev–Trinajstić information content (AvgIpc) is 2.70. The standard InChI is InChI=1S/C21H25N3O3/c1-15-7-6-9-18(16(15)2)23-11-13-24(14-12-23)21(26)20(25)22-17-8-4-5-10-19(17)27-3/h4-10H,11-14H2,1-3H3,(H,22,25). The number of carbonyl (C=O) groups excluding carboxylic acids is 2. The summed E-state index contributed by atoms with van der Waals surface area (Å²) in [4.78, 5) is 28.8. The second kappa shape index (κ2) is 8.12. The monoisotopic (exact) mass is 367 g/mol. The molecule has 1 aliphatic rings. The van der Waals surface area contributed by atoms with Crippen LogP contribution in [0.2, 0.25) is 0 Å². The average molecular weight is 367 g/mol. The van der Waals surface area contributed by atoms with Crippen molar-refractivity contribution in [1.29, 1.82) is 0 Å². The summed E-state index contributed by atoms with van der Waals surface area (Å²) >= 11 is 0. The van der Waals surface area contributed by atoms with Gasteiger partial charge in [-0.15, -0.1) is 0 Å². The van der Waals surface area contributed by atoms with Crippen LogP contribution in [-0.2, 0) is 9.59 Å². The number of ether oxygens (including phenoxy) is 1. The van der Waals surface area contributed by atoms with Gasteiger partial charge in [0.1, 0.15) is 5.75 Å². The van der Waals surface area contributed by atoms with E-state index in [1.807, 2.05) is 6.07 Å². The van der Waals surface area contributed by atoms with E-state index in [9.17, 15) is 9.59 Å². The first-order chi connectivity index (χ1) is 13.0. The van der Waals surface area contributed by atoms with Gasteiger partial charge in [0.15, 0.2) is 0 Å². The number of hydrogen-bond donors (Lipinski definition) is 1. The van der Waals surface area contributed by atoms with E-state index < -0.39 is 11.8 Å². The van der Waals surface area contributed by atoms with Gasteiger partial charge in [0.05, 0.1) is 12.8 Å². The molecule has 3 rings (SSSR count).